The fourth-order valence-electron chi connectivity index (χ4n) is 2.43. The number of piperazine rings is 1. The maximum absolute atomic E-state index is 12.5. The van der Waals surface area contributed by atoms with Gasteiger partial charge in [-0.1, -0.05) is 0 Å². The first-order valence-corrected chi connectivity index (χ1v) is 7.31. The number of ether oxygens (including phenoxy) is 1. The zero-order valence-electron chi connectivity index (χ0n) is 12.0. The van der Waals surface area contributed by atoms with Crippen LogP contribution in [0.15, 0.2) is 0 Å². The van der Waals surface area contributed by atoms with Crippen LogP contribution < -0.4 is 5.32 Å². The number of nitrogens with zero attached hydrogens (tertiary/aromatic N) is 3. The molecule has 0 aromatic carbocycles. The molecule has 3 rings (SSSR count). The van der Waals surface area contributed by atoms with E-state index in [1.165, 1.54) is 4.90 Å². The van der Waals surface area contributed by atoms with Crippen molar-refractivity contribution in [2.24, 2.45) is 0 Å². The van der Waals surface area contributed by atoms with Crippen molar-refractivity contribution in [3.63, 3.8) is 0 Å². The van der Waals surface area contributed by atoms with Crippen LogP contribution >= 0.6 is 0 Å². The van der Waals surface area contributed by atoms with E-state index in [0.717, 1.165) is 18.7 Å². The van der Waals surface area contributed by atoms with E-state index >= 15 is 0 Å². The smallest absolute Gasteiger partial charge is 0.330 e. The molecule has 1 saturated carbocycles. The normalized spacial score (nSPS) is 22.1. The second-order valence-corrected chi connectivity index (χ2v) is 5.29. The molecule has 1 unspecified atom stereocenters. The molecule has 1 saturated heterocycles. The van der Waals surface area contributed by atoms with E-state index in [-0.39, 0.29) is 11.7 Å². The molecule has 1 aliphatic heterocycles. The summed E-state index contributed by atoms with van der Waals surface area (Å²) in [5.74, 6) is 0.589. The molecule has 1 amide bonds. The van der Waals surface area contributed by atoms with Crippen molar-refractivity contribution in [2.75, 3.05) is 26.2 Å². The minimum atomic E-state index is -0.617. The summed E-state index contributed by atoms with van der Waals surface area (Å²) in [5, 5.41) is 9.91. The van der Waals surface area contributed by atoms with E-state index in [0.29, 0.717) is 32.2 Å². The van der Waals surface area contributed by atoms with Crippen LogP contribution in [0.2, 0.25) is 0 Å². The Kier molecular flexibility index (Phi) is 3.87. The van der Waals surface area contributed by atoms with Crippen LogP contribution in [0.1, 0.15) is 42.1 Å². The molecule has 21 heavy (non-hydrogen) atoms. The quantitative estimate of drug-likeness (QED) is 0.737. The zero-order valence-corrected chi connectivity index (χ0v) is 12.0. The van der Waals surface area contributed by atoms with Gasteiger partial charge < -0.3 is 15.0 Å². The van der Waals surface area contributed by atoms with Gasteiger partial charge in [0.1, 0.15) is 11.9 Å². The topological polar surface area (TPSA) is 100 Å². The molecule has 0 spiro atoms. The number of esters is 1. The van der Waals surface area contributed by atoms with E-state index < -0.39 is 12.0 Å². The molecule has 1 aliphatic carbocycles. The number of hydrogen-bond donors (Lipinski definition) is 2. The van der Waals surface area contributed by atoms with Crippen molar-refractivity contribution >= 4 is 11.9 Å². The molecular weight excluding hydrogens is 274 g/mol. The van der Waals surface area contributed by atoms with Gasteiger partial charge in [0, 0.05) is 25.6 Å². The van der Waals surface area contributed by atoms with Crippen LogP contribution in [0.5, 0.6) is 0 Å². The van der Waals surface area contributed by atoms with E-state index in [4.69, 9.17) is 4.74 Å². The fourth-order valence-corrected chi connectivity index (χ4v) is 2.43. The van der Waals surface area contributed by atoms with Gasteiger partial charge in [-0.2, -0.15) is 0 Å². The summed E-state index contributed by atoms with van der Waals surface area (Å²) in [7, 11) is 0. The average Bonchev–Trinajstić information content (AvgIpc) is 3.24. The Balaban J connectivity index is 1.74. The Labute approximate surface area is 122 Å². The summed E-state index contributed by atoms with van der Waals surface area (Å²) in [5.41, 5.74) is 0. The monoisotopic (exact) mass is 293 g/mol. The Morgan fingerprint density at radius 2 is 2.24 bits per heavy atom. The minimum Gasteiger partial charge on any atom is -0.464 e. The van der Waals surface area contributed by atoms with Crippen LogP contribution in [0.4, 0.5) is 0 Å². The van der Waals surface area contributed by atoms with Gasteiger partial charge in [0.2, 0.25) is 5.82 Å². The van der Waals surface area contributed by atoms with E-state index in [2.05, 4.69) is 20.5 Å². The van der Waals surface area contributed by atoms with Crippen molar-refractivity contribution < 1.29 is 14.3 Å². The summed E-state index contributed by atoms with van der Waals surface area (Å²) < 4.78 is 5.03. The largest absolute Gasteiger partial charge is 0.464 e. The minimum absolute atomic E-state index is 0.132. The molecule has 0 radical (unpaired) electrons. The van der Waals surface area contributed by atoms with Crippen molar-refractivity contribution in [2.45, 2.75) is 31.7 Å². The maximum atomic E-state index is 12.5. The zero-order chi connectivity index (χ0) is 14.8. The summed E-state index contributed by atoms with van der Waals surface area (Å²) in [4.78, 5) is 30.2. The van der Waals surface area contributed by atoms with E-state index in [1.807, 2.05) is 0 Å². The molecule has 1 aromatic heterocycles. The Morgan fingerprint density at radius 1 is 1.43 bits per heavy atom. The molecule has 8 heteroatoms. The predicted octanol–water partition coefficient (Wildman–Crippen LogP) is -0.341. The first-order valence-electron chi connectivity index (χ1n) is 7.31. The third-order valence-electron chi connectivity index (χ3n) is 3.72. The molecule has 1 aromatic rings. The summed E-state index contributed by atoms with van der Waals surface area (Å²) in [6.07, 6.45) is 2.17. The third-order valence-corrected chi connectivity index (χ3v) is 3.72. The van der Waals surface area contributed by atoms with Crippen LogP contribution in [0.25, 0.3) is 0 Å². The number of aromatic nitrogens is 3. The summed E-state index contributed by atoms with van der Waals surface area (Å²) >= 11 is 0. The van der Waals surface area contributed by atoms with Gasteiger partial charge in [0.15, 0.2) is 0 Å². The highest BCUT2D eigenvalue weighted by atomic mass is 16.5. The first-order chi connectivity index (χ1) is 10.2. The SMILES string of the molecule is CCOC(=O)C1CNCCN1C(=O)c1n[nH]c(C2CC2)n1. The van der Waals surface area contributed by atoms with Crippen LogP contribution in [0.3, 0.4) is 0 Å². The van der Waals surface area contributed by atoms with Gasteiger partial charge in [-0.25, -0.2) is 9.78 Å². The van der Waals surface area contributed by atoms with Crippen molar-refractivity contribution in [1.82, 2.24) is 25.4 Å². The molecular formula is C13H19N5O3. The predicted molar refractivity (Wildman–Crippen MR) is 72.7 cm³/mol. The fraction of sp³-hybridized carbons (Fsp3) is 0.692. The van der Waals surface area contributed by atoms with Crippen LogP contribution in [-0.2, 0) is 9.53 Å². The number of rotatable bonds is 4. The van der Waals surface area contributed by atoms with Crippen molar-refractivity contribution in [1.29, 1.82) is 0 Å². The molecule has 2 fully saturated rings. The number of carbonyl (C=O) groups is 2. The number of hydrogen-bond acceptors (Lipinski definition) is 6. The number of nitrogens with one attached hydrogen (secondary N) is 2. The summed E-state index contributed by atoms with van der Waals surface area (Å²) in [6, 6.07) is -0.617. The molecule has 0 bridgehead atoms. The van der Waals surface area contributed by atoms with E-state index in [1.54, 1.807) is 6.92 Å². The van der Waals surface area contributed by atoms with Gasteiger partial charge in [-0.05, 0) is 19.8 Å². The second-order valence-electron chi connectivity index (χ2n) is 5.29. The number of amides is 1. The van der Waals surface area contributed by atoms with Crippen LogP contribution in [-0.4, -0.2) is 64.2 Å². The maximum Gasteiger partial charge on any atom is 0.330 e. The average molecular weight is 293 g/mol. The lowest BCUT2D eigenvalue weighted by atomic mass is 10.2. The van der Waals surface area contributed by atoms with Gasteiger partial charge in [0.05, 0.1) is 6.61 Å². The second kappa shape index (κ2) is 5.80. The highest BCUT2D eigenvalue weighted by Gasteiger charge is 2.36. The van der Waals surface area contributed by atoms with E-state index in [9.17, 15) is 9.59 Å². The lowest BCUT2D eigenvalue weighted by Crippen LogP contribution is -2.57. The third kappa shape index (κ3) is 2.90. The first kappa shape index (κ1) is 14.0. The number of aromatic amines is 1. The van der Waals surface area contributed by atoms with Crippen molar-refractivity contribution in [3.05, 3.63) is 11.6 Å². The lowest BCUT2D eigenvalue weighted by molar-refractivity contribution is -0.149. The van der Waals surface area contributed by atoms with Gasteiger partial charge in [-0.3, -0.25) is 9.89 Å². The highest BCUT2D eigenvalue weighted by molar-refractivity contribution is 5.94. The molecule has 2 aliphatic rings. The Morgan fingerprint density at radius 3 is 2.95 bits per heavy atom. The van der Waals surface area contributed by atoms with Gasteiger partial charge >= 0.3 is 5.97 Å². The van der Waals surface area contributed by atoms with Gasteiger partial charge in [0.25, 0.3) is 5.91 Å². The lowest BCUT2D eigenvalue weighted by Gasteiger charge is -2.33. The Hall–Kier alpha value is -1.96. The van der Waals surface area contributed by atoms with Gasteiger partial charge in [-0.15, -0.1) is 5.10 Å². The van der Waals surface area contributed by atoms with Crippen molar-refractivity contribution in [3.8, 4) is 0 Å². The molecule has 2 N–H and O–H groups in total. The summed E-state index contributed by atoms with van der Waals surface area (Å²) in [6.45, 7) is 3.52. The molecule has 114 valence electrons. The molecule has 8 nitrogen and oxygen atoms in total. The highest BCUT2D eigenvalue weighted by Crippen LogP contribution is 2.37. The molecule has 2 heterocycles. The van der Waals surface area contributed by atoms with Crippen LogP contribution in [0, 0.1) is 0 Å². The Bertz CT molecular complexity index is 540. The number of carbonyl (C=O) groups excluding carboxylic acids is 2. The standard InChI is InChI=1S/C13H19N5O3/c1-2-21-13(20)9-7-14-5-6-18(9)12(19)11-15-10(16-17-11)8-3-4-8/h8-9,14H,2-7H2,1H3,(H,15,16,17). The number of H-pyrrole nitrogens is 1. The molecule has 1 atom stereocenters.